The van der Waals surface area contributed by atoms with Crippen LogP contribution in [0.4, 0.5) is 32.0 Å². The number of ether oxygens (including phenoxy) is 2. The van der Waals surface area contributed by atoms with E-state index >= 15 is 0 Å². The molecule has 1 aliphatic heterocycles. The summed E-state index contributed by atoms with van der Waals surface area (Å²) in [4.78, 5) is 10.9. The van der Waals surface area contributed by atoms with Crippen LogP contribution in [-0.4, -0.2) is 44.3 Å². The van der Waals surface area contributed by atoms with Crippen LogP contribution in [-0.2, 0) is 20.4 Å². The summed E-state index contributed by atoms with van der Waals surface area (Å²) in [5.41, 5.74) is 0.183. The second-order valence-electron chi connectivity index (χ2n) is 5.15. The highest BCUT2D eigenvalue weighted by molar-refractivity contribution is 5.98. The van der Waals surface area contributed by atoms with Crippen LogP contribution < -0.4 is 10.7 Å². The second-order valence-corrected chi connectivity index (χ2v) is 5.15. The average molecular weight is 385 g/mol. The zero-order valence-electron chi connectivity index (χ0n) is 13.2. The number of anilines is 1. The largest absolute Gasteiger partial charge is 0.466 e. The van der Waals surface area contributed by atoms with Gasteiger partial charge in [-0.15, -0.1) is 5.10 Å². The molecule has 1 aliphatic rings. The highest BCUT2D eigenvalue weighted by Gasteiger charge is 2.40. The average Bonchev–Trinajstić information content (AvgIpc) is 2.54. The van der Waals surface area contributed by atoms with Gasteiger partial charge in [0.1, 0.15) is 0 Å². The van der Waals surface area contributed by atoms with E-state index < -0.39 is 48.8 Å². The highest BCUT2D eigenvalue weighted by atomic mass is 19.4. The summed E-state index contributed by atoms with van der Waals surface area (Å²) in [5.74, 6) is -0.812. The molecule has 1 atom stereocenters. The number of alkyl halides is 6. The number of nitrogens with one attached hydrogen (secondary N) is 2. The van der Waals surface area contributed by atoms with Gasteiger partial charge in [-0.05, 0) is 18.2 Å². The molecule has 1 aromatic carbocycles. The van der Waals surface area contributed by atoms with Crippen LogP contribution in [0.15, 0.2) is 23.3 Å². The Kier molecular flexibility index (Phi) is 5.64. The molecule has 0 saturated heterocycles. The van der Waals surface area contributed by atoms with E-state index in [1.54, 1.807) is 0 Å². The van der Waals surface area contributed by atoms with Crippen molar-refractivity contribution in [2.24, 2.45) is 5.10 Å². The topological polar surface area (TPSA) is 72.0 Å². The summed E-state index contributed by atoms with van der Waals surface area (Å²) >= 11 is 0. The quantitative estimate of drug-likeness (QED) is 0.765. The summed E-state index contributed by atoms with van der Waals surface area (Å²) < 4.78 is 86.9. The van der Waals surface area contributed by atoms with E-state index in [1.807, 2.05) is 0 Å². The van der Waals surface area contributed by atoms with Gasteiger partial charge < -0.3 is 14.8 Å². The molecule has 0 radical (unpaired) electrons. The maximum absolute atomic E-state index is 13.3. The predicted molar refractivity (Wildman–Crippen MR) is 77.4 cm³/mol. The Morgan fingerprint density at radius 3 is 2.50 bits per heavy atom. The van der Waals surface area contributed by atoms with Crippen molar-refractivity contribution in [2.45, 2.75) is 18.5 Å². The van der Waals surface area contributed by atoms with E-state index in [1.165, 1.54) is 6.07 Å². The smallest absolute Gasteiger partial charge is 0.418 e. The summed E-state index contributed by atoms with van der Waals surface area (Å²) in [5, 5.41) is 5.59. The number of hydrogen-bond donors (Lipinski definition) is 2. The van der Waals surface area contributed by atoms with E-state index in [9.17, 15) is 31.1 Å². The number of rotatable bonds is 5. The van der Waals surface area contributed by atoms with Crippen molar-refractivity contribution in [1.82, 2.24) is 5.43 Å². The normalized spacial score (nSPS) is 16.4. The van der Waals surface area contributed by atoms with Gasteiger partial charge in [0.05, 0.1) is 12.1 Å². The molecule has 0 aliphatic carbocycles. The lowest BCUT2D eigenvalue weighted by Crippen LogP contribution is -2.37. The van der Waals surface area contributed by atoms with Crippen molar-refractivity contribution >= 4 is 17.5 Å². The van der Waals surface area contributed by atoms with Crippen LogP contribution in [0.2, 0.25) is 0 Å². The molecule has 0 saturated carbocycles. The van der Waals surface area contributed by atoms with Crippen molar-refractivity contribution in [3.05, 3.63) is 29.3 Å². The monoisotopic (exact) mass is 385 g/mol. The number of benzene rings is 1. The number of carbonyl (C=O) groups excluding carboxylic acids is 1. The van der Waals surface area contributed by atoms with Crippen LogP contribution in [0.3, 0.4) is 0 Å². The molecule has 1 amide bonds. The molecule has 1 aromatic rings. The number of halogens is 6. The zero-order chi connectivity index (χ0) is 19.5. The van der Waals surface area contributed by atoms with Crippen LogP contribution in [0.5, 0.6) is 0 Å². The zero-order valence-corrected chi connectivity index (χ0v) is 13.2. The van der Waals surface area contributed by atoms with Gasteiger partial charge in [0.25, 0.3) is 5.91 Å². The Morgan fingerprint density at radius 2 is 2.00 bits per heavy atom. The minimum Gasteiger partial charge on any atom is -0.466 e. The van der Waals surface area contributed by atoms with Gasteiger partial charge >= 0.3 is 12.4 Å². The van der Waals surface area contributed by atoms with Crippen molar-refractivity contribution in [2.75, 3.05) is 25.6 Å². The first-order chi connectivity index (χ1) is 12.0. The number of amides is 1. The number of nitrogens with zero attached hydrogens (tertiary/aromatic N) is 1. The summed E-state index contributed by atoms with van der Waals surface area (Å²) in [7, 11) is 0.806. The SMILES string of the molecule is CO[C@@H](CNc1ccc(C2=NNC(=O)CO2)cc1C(F)(F)F)C(F)(F)F. The minimum atomic E-state index is -4.85. The predicted octanol–water partition coefficient (Wildman–Crippen LogP) is 2.50. The Balaban J connectivity index is 2.28. The lowest BCUT2D eigenvalue weighted by molar-refractivity contribution is -0.207. The van der Waals surface area contributed by atoms with Gasteiger partial charge in [-0.25, -0.2) is 5.43 Å². The molecule has 26 heavy (non-hydrogen) atoms. The van der Waals surface area contributed by atoms with E-state index in [4.69, 9.17) is 4.74 Å². The third-order valence-corrected chi connectivity index (χ3v) is 3.32. The summed E-state index contributed by atoms with van der Waals surface area (Å²) in [6, 6.07) is 2.78. The molecule has 1 heterocycles. The molecule has 2 rings (SSSR count). The van der Waals surface area contributed by atoms with Crippen molar-refractivity contribution in [3.8, 4) is 0 Å². The lowest BCUT2D eigenvalue weighted by atomic mass is 10.1. The summed E-state index contributed by atoms with van der Waals surface area (Å²) in [6.07, 6.45) is -11.9. The molecule has 0 unspecified atom stereocenters. The third-order valence-electron chi connectivity index (χ3n) is 3.32. The first-order valence-electron chi connectivity index (χ1n) is 7.06. The Morgan fingerprint density at radius 1 is 1.31 bits per heavy atom. The first-order valence-corrected chi connectivity index (χ1v) is 7.06. The number of carbonyl (C=O) groups is 1. The number of hydrazone groups is 1. The molecule has 0 aromatic heterocycles. The second kappa shape index (κ2) is 7.40. The van der Waals surface area contributed by atoms with E-state index in [2.05, 4.69) is 20.6 Å². The Labute approximate surface area is 143 Å². The van der Waals surface area contributed by atoms with E-state index in [0.717, 1.165) is 13.2 Å². The molecular formula is C14H13F6N3O3. The van der Waals surface area contributed by atoms with Gasteiger partial charge in [0, 0.05) is 18.4 Å². The molecule has 144 valence electrons. The maximum Gasteiger partial charge on any atom is 0.418 e. The maximum atomic E-state index is 13.3. The lowest BCUT2D eigenvalue weighted by Gasteiger charge is -2.22. The third kappa shape index (κ3) is 4.77. The number of hydrogen-bond acceptors (Lipinski definition) is 5. The summed E-state index contributed by atoms with van der Waals surface area (Å²) in [6.45, 7) is -1.32. The molecule has 12 heteroatoms. The van der Waals surface area contributed by atoms with Crippen LogP contribution in [0.1, 0.15) is 11.1 Å². The van der Waals surface area contributed by atoms with Gasteiger partial charge in [-0.1, -0.05) is 0 Å². The number of methoxy groups -OCH3 is 1. The first kappa shape index (κ1) is 19.8. The molecule has 2 N–H and O–H groups in total. The molecular weight excluding hydrogens is 372 g/mol. The van der Waals surface area contributed by atoms with Gasteiger partial charge in [-0.2, -0.15) is 26.3 Å². The van der Waals surface area contributed by atoms with Gasteiger partial charge in [0.2, 0.25) is 5.90 Å². The molecule has 0 bridgehead atoms. The Hall–Kier alpha value is -2.50. The van der Waals surface area contributed by atoms with Gasteiger partial charge in [-0.3, -0.25) is 4.79 Å². The molecule has 0 spiro atoms. The molecule has 6 nitrogen and oxygen atoms in total. The van der Waals surface area contributed by atoms with E-state index in [0.29, 0.717) is 6.07 Å². The highest BCUT2D eigenvalue weighted by Crippen LogP contribution is 2.36. The van der Waals surface area contributed by atoms with E-state index in [-0.39, 0.29) is 11.5 Å². The fraction of sp³-hybridized carbons (Fsp3) is 0.429. The fourth-order valence-electron chi connectivity index (χ4n) is 2.06. The standard InChI is InChI=1S/C14H13F6N3O3/c1-25-10(14(18,19)20)5-21-9-3-2-7(4-8(9)13(15,16)17)12-23-22-11(24)6-26-12/h2-4,10,21H,5-6H2,1H3,(H,22,24)/t10-/m0/s1. The fourth-order valence-corrected chi connectivity index (χ4v) is 2.06. The minimum absolute atomic E-state index is 0.0954. The Bertz CT molecular complexity index is 702. The van der Waals surface area contributed by atoms with Crippen LogP contribution >= 0.6 is 0 Å². The molecule has 0 fully saturated rings. The van der Waals surface area contributed by atoms with Crippen molar-refractivity contribution in [3.63, 3.8) is 0 Å². The van der Waals surface area contributed by atoms with Crippen LogP contribution in [0.25, 0.3) is 0 Å². The van der Waals surface area contributed by atoms with Crippen LogP contribution in [0, 0.1) is 0 Å². The van der Waals surface area contributed by atoms with Gasteiger partial charge in [0.15, 0.2) is 12.7 Å². The van der Waals surface area contributed by atoms with Crippen molar-refractivity contribution in [1.29, 1.82) is 0 Å². The van der Waals surface area contributed by atoms with Crippen molar-refractivity contribution < 1.29 is 40.6 Å².